The minimum atomic E-state index is -4.30. The van der Waals surface area contributed by atoms with Crippen LogP contribution in [0, 0.1) is 0 Å². The lowest BCUT2D eigenvalue weighted by molar-refractivity contribution is -0.210. The zero-order valence-corrected chi connectivity index (χ0v) is 73.1. The van der Waals surface area contributed by atoms with Gasteiger partial charge in [-0.3, -0.25) is 0 Å². The Kier molecular flexibility index (Phi) is 39.8. The normalized spacial score (nSPS) is 20.8. The van der Waals surface area contributed by atoms with E-state index < -0.39 is 224 Å². The molecule has 5 saturated heterocycles. The molecule has 12 atom stereocenters. The second-order valence-electron chi connectivity index (χ2n) is 29.7. The van der Waals surface area contributed by atoms with Gasteiger partial charge in [-0.15, -0.1) is 0 Å². The molecule has 137 heavy (non-hydrogen) atoms. The summed E-state index contributed by atoms with van der Waals surface area (Å²) in [4.78, 5) is 151. The van der Waals surface area contributed by atoms with Gasteiger partial charge in [0.1, 0.15) is 31.5 Å². The van der Waals surface area contributed by atoms with Gasteiger partial charge in [0.25, 0.3) is 0 Å². The van der Waals surface area contributed by atoms with Gasteiger partial charge in [-0.05, 0) is 133 Å². The van der Waals surface area contributed by atoms with Crippen molar-refractivity contribution in [1.82, 2.24) is 0 Å². The van der Waals surface area contributed by atoms with Crippen molar-refractivity contribution in [1.29, 1.82) is 0 Å². The molecule has 0 aliphatic carbocycles. The zero-order valence-electron chi connectivity index (χ0n) is 74.1. The van der Waals surface area contributed by atoms with Crippen molar-refractivity contribution in [3.8, 4) is 0 Å². The van der Waals surface area contributed by atoms with Gasteiger partial charge in [-0.2, -0.15) is 52.7 Å². The molecule has 0 spiro atoms. The van der Waals surface area contributed by atoms with Crippen molar-refractivity contribution >= 4 is 77.6 Å². The highest BCUT2D eigenvalue weighted by Gasteiger charge is 2.66. The maximum absolute atomic E-state index is 14.6. The van der Waals surface area contributed by atoms with Crippen molar-refractivity contribution in [2.24, 2.45) is 0 Å². The van der Waals surface area contributed by atoms with Crippen molar-refractivity contribution in [3.63, 3.8) is 0 Å². The highest BCUT2D eigenvalue weighted by molar-refractivity contribution is 5.95. The molecule has 6 unspecified atom stereocenters. The van der Waals surface area contributed by atoms with E-state index in [2.05, 4.69) is 37.9 Å². The summed E-state index contributed by atoms with van der Waals surface area (Å²) < 4.78 is 248. The summed E-state index contributed by atoms with van der Waals surface area (Å²) in [6.45, 7) is 5.72. The first-order chi connectivity index (χ1) is 64.5. The third-order valence-electron chi connectivity index (χ3n) is 18.9. The number of aliphatic hydroxyl groups is 4. The number of ether oxygens (including phenoxy) is 17. The molecule has 0 radical (unpaired) electrons. The van der Waals surface area contributed by atoms with Crippen molar-refractivity contribution in [3.05, 3.63) is 251 Å². The fourth-order valence-electron chi connectivity index (χ4n) is 12.0. The lowest BCUT2D eigenvalue weighted by atomic mass is 10.1. The smallest absolute Gasteiger partial charge is 0.461 e. The van der Waals surface area contributed by atoms with Crippen LogP contribution in [0.2, 0.25) is 0 Å². The number of carbonyl (C=O) groups excluding carboxylic acids is 13. The van der Waals surface area contributed by atoms with E-state index >= 15 is 0 Å². The fourth-order valence-corrected chi connectivity index (χ4v) is 12.0. The second-order valence-corrected chi connectivity index (χ2v) is 29.7. The Morgan fingerprint density at radius 3 is 0.920 bits per heavy atom. The van der Waals surface area contributed by atoms with Gasteiger partial charge in [0.05, 0.1) is 85.2 Å². The lowest BCUT2D eigenvalue weighted by Gasteiger charge is -2.29. The quantitative estimate of drug-likeness (QED) is 0.0185. The molecule has 34 nitrogen and oxygen atoms in total. The maximum atomic E-state index is 14.6. The molecule has 46 heteroatoms. The summed E-state index contributed by atoms with van der Waals surface area (Å²) in [6, 6.07) is 52.9. The van der Waals surface area contributed by atoms with Gasteiger partial charge in [-0.1, -0.05) is 127 Å². The van der Waals surface area contributed by atoms with Crippen molar-refractivity contribution in [2.45, 2.75) is 169 Å². The number of cyclic esters (lactones) is 3. The summed E-state index contributed by atoms with van der Waals surface area (Å²) in [7, 11) is 0. The van der Waals surface area contributed by atoms with E-state index in [0.29, 0.717) is 0 Å². The highest BCUT2D eigenvalue weighted by atomic mass is 19.3. The maximum Gasteiger partial charge on any atom is 1.00 e. The lowest BCUT2D eigenvalue weighted by Crippen LogP contribution is -2.52. The first kappa shape index (κ1) is 110. The van der Waals surface area contributed by atoms with Crippen LogP contribution < -0.4 is 0 Å². The summed E-state index contributed by atoms with van der Waals surface area (Å²) in [5.74, 6) is -44.4. The highest BCUT2D eigenvalue weighted by Crippen LogP contribution is 2.40. The third kappa shape index (κ3) is 30.0. The minimum Gasteiger partial charge on any atom is -0.461 e. The van der Waals surface area contributed by atoms with Crippen LogP contribution in [0.4, 0.5) is 52.7 Å². The molecule has 0 aromatic heterocycles. The Morgan fingerprint density at radius 2 is 0.635 bits per heavy atom. The Bertz CT molecular complexity index is 5060. The SMILES string of the molecule is CCOC(=O)C(F)(F)C(O)[C@H]1COC(C)(C)O1.CCOC(=O)C(F)(F)C(OC(=O)c1ccccc1)[C@H](O)CO.CCOC(=O)C(F)(F)C(OC(=O)c1ccccc1)[C@H]1COC(C)(C)O1.O=C(OC1[C@@H](CO)OC(=O)C1(F)F)c1ccccc1.O=C(OC[C@H]1OC(=O)C(F)(F)C1OC(=O)c1ccccc1)c1ccccc1.O=C(OC[C@H]1OC(=O)C(F)(F)C1OC(=O)c1ccccc1)c1ccccc1.[H+]. The molecular formula is C91H91F12O34+. The minimum absolute atomic E-state index is 0. The Balaban J connectivity index is 0.000000256. The molecule has 4 N–H and O–H groups in total. The van der Waals surface area contributed by atoms with E-state index in [4.69, 9.17) is 52.8 Å². The van der Waals surface area contributed by atoms with E-state index in [0.717, 1.165) is 0 Å². The Morgan fingerprint density at radius 1 is 0.372 bits per heavy atom. The summed E-state index contributed by atoms with van der Waals surface area (Å²) in [5, 5.41) is 36.6. The molecule has 12 rings (SSSR count). The molecule has 5 aliphatic heterocycles. The van der Waals surface area contributed by atoms with Crippen LogP contribution >= 0.6 is 0 Å². The van der Waals surface area contributed by atoms with Crippen molar-refractivity contribution < 1.29 is 217 Å². The number of hydrogen-bond donors (Lipinski definition) is 4. The van der Waals surface area contributed by atoms with Gasteiger partial charge in [0, 0.05) is 0 Å². The number of rotatable bonds is 30. The van der Waals surface area contributed by atoms with E-state index in [-0.39, 0.29) is 73.4 Å². The average Bonchev–Trinajstić information content (AvgIpc) is 1.62. The predicted octanol–water partition coefficient (Wildman–Crippen LogP) is 10.2. The molecule has 5 aliphatic rings. The number of carbonyl (C=O) groups is 13. The molecule has 5 heterocycles. The second kappa shape index (κ2) is 49.3. The van der Waals surface area contributed by atoms with Gasteiger partial charge in [-0.25, -0.2) is 62.3 Å². The summed E-state index contributed by atoms with van der Waals surface area (Å²) in [5.41, 5.74) is 0.565. The predicted molar refractivity (Wildman–Crippen MR) is 438 cm³/mol. The molecular weight excluding hydrogens is 1860 g/mol. The van der Waals surface area contributed by atoms with Crippen LogP contribution in [-0.4, -0.2) is 278 Å². The summed E-state index contributed by atoms with van der Waals surface area (Å²) >= 11 is 0. The van der Waals surface area contributed by atoms with E-state index in [9.17, 15) is 125 Å². The first-order valence-corrected chi connectivity index (χ1v) is 40.8. The molecule has 7 aromatic carbocycles. The number of hydrogen-bond acceptors (Lipinski definition) is 34. The Hall–Kier alpha value is -13.5. The number of benzene rings is 7. The van der Waals surface area contributed by atoms with Crippen LogP contribution in [0.1, 0.15) is 122 Å². The van der Waals surface area contributed by atoms with Gasteiger partial charge in [0.15, 0.2) is 36.0 Å². The first-order valence-electron chi connectivity index (χ1n) is 40.8. The van der Waals surface area contributed by atoms with E-state index in [1.165, 1.54) is 182 Å². The zero-order chi connectivity index (χ0) is 102. The van der Waals surface area contributed by atoms with Crippen LogP contribution in [0.5, 0.6) is 0 Å². The van der Waals surface area contributed by atoms with Crippen LogP contribution in [0.25, 0.3) is 0 Å². The van der Waals surface area contributed by atoms with E-state index in [1.807, 2.05) is 0 Å². The molecule has 7 aromatic rings. The van der Waals surface area contributed by atoms with Crippen LogP contribution in [0.3, 0.4) is 0 Å². The number of esters is 13. The molecule has 5 fully saturated rings. The molecule has 0 amide bonds. The van der Waals surface area contributed by atoms with Crippen LogP contribution in [0.15, 0.2) is 212 Å². The topological polar surface area (TPSA) is 460 Å². The van der Waals surface area contributed by atoms with Gasteiger partial charge >= 0.3 is 115 Å². The monoisotopic (exact) mass is 1960 g/mol. The number of halogens is 12. The number of alkyl halides is 12. The molecule has 742 valence electrons. The van der Waals surface area contributed by atoms with Crippen molar-refractivity contribution in [2.75, 3.05) is 59.5 Å². The number of aliphatic hydroxyl groups excluding tert-OH is 4. The standard InChI is InChI=1S/2C19H14F2O6.C17H20F2O6.C14H16F2O6.C12H10F2O5.C10H16F2O5/c2*20-19(21)15(27-17(23)13-9-5-2-6-10-13)14(26-18(19)24)11-25-16(22)12-7-3-1-4-8-12;1-4-22-15(21)17(18,19)13(12-10-23-16(2,3)25-12)24-14(20)11-8-6-5-7-9-11;1-2-21-13(20)14(15,16)11(10(18)8-17)22-12(19)9-6-4-3-5-7-9;13-12(14)9(8(6-15)18-11(12)17)19-10(16)7-4-2-1-3-5-7;1-4-15-8(14)10(11,12)7(13)6-5-16-9(2,3)17-6/h2*1-10,14-15H,11H2;5-9,12-13H,4,10H2,1-3H3;3-7,10-11,17-18H,2,8H2,1H3;1-5,8-9,15H,6H2;6-7,13H,4-5H2,1-3H3/p+1/t2*14-,15?;12-,13?;10-,11?;8-,9?;6-,7?/m111111/s1. The largest absolute Gasteiger partial charge is 1.00 e. The molecule has 0 bridgehead atoms. The van der Waals surface area contributed by atoms with Crippen LogP contribution in [-0.2, 0) is 109 Å². The average molecular weight is 1960 g/mol. The molecule has 0 saturated carbocycles. The van der Waals surface area contributed by atoms with Gasteiger partial charge < -0.3 is 101 Å². The fraction of sp³-hybridized carbons (Fsp3) is 0.396. The van der Waals surface area contributed by atoms with E-state index in [1.54, 1.807) is 78.9 Å². The summed E-state index contributed by atoms with van der Waals surface area (Å²) in [6.07, 6.45) is -23.1. The van der Waals surface area contributed by atoms with Gasteiger partial charge in [0.2, 0.25) is 30.5 Å². The third-order valence-corrected chi connectivity index (χ3v) is 18.9. The Labute approximate surface area is 771 Å².